The van der Waals surface area contributed by atoms with Gasteiger partial charge in [-0.1, -0.05) is 12.1 Å². The monoisotopic (exact) mass is 262 g/mol. The van der Waals surface area contributed by atoms with Gasteiger partial charge in [0, 0.05) is 12.7 Å². The largest absolute Gasteiger partial charge is 0.394 e. The number of rotatable bonds is 2. The average molecular weight is 263 g/mol. The third-order valence-electron chi connectivity index (χ3n) is 2.80. The number of halogens is 1. The minimum Gasteiger partial charge on any atom is -0.394 e. The molecule has 0 aliphatic carbocycles. The Morgan fingerprint density at radius 2 is 1.94 bits per heavy atom. The Kier molecular flexibility index (Phi) is 3.39. The van der Waals surface area contributed by atoms with Crippen LogP contribution in [0.25, 0.3) is 0 Å². The number of hydrogen-bond acceptors (Lipinski definition) is 4. The number of nitrogens with zero attached hydrogens (tertiary/aromatic N) is 3. The molecule has 0 fully saturated rings. The van der Waals surface area contributed by atoms with Crippen LogP contribution in [0.5, 0.6) is 0 Å². The van der Waals surface area contributed by atoms with Crippen molar-refractivity contribution in [1.82, 2.24) is 9.97 Å². The molecule has 94 valence electrons. The Bertz CT molecular complexity index is 583. The maximum atomic E-state index is 6.00. The second-order valence-electron chi connectivity index (χ2n) is 4.21. The molecule has 0 saturated carbocycles. The van der Waals surface area contributed by atoms with Crippen LogP contribution >= 0.6 is 11.6 Å². The summed E-state index contributed by atoms with van der Waals surface area (Å²) in [6, 6.07) is 8.09. The molecule has 0 bridgehead atoms. The molecule has 4 nitrogen and oxygen atoms in total. The minimum absolute atomic E-state index is 0.205. The number of aromatic nitrogens is 2. The van der Waals surface area contributed by atoms with E-state index in [0.717, 1.165) is 5.69 Å². The lowest BCUT2D eigenvalue weighted by molar-refractivity contribution is 1.05. The van der Waals surface area contributed by atoms with Crippen molar-refractivity contribution in [2.24, 2.45) is 0 Å². The Hall–Kier alpha value is -1.81. The first-order valence-corrected chi connectivity index (χ1v) is 5.97. The maximum absolute atomic E-state index is 6.00. The van der Waals surface area contributed by atoms with Gasteiger partial charge in [-0.05, 0) is 43.1 Å². The first-order valence-electron chi connectivity index (χ1n) is 5.59. The zero-order chi connectivity index (χ0) is 13.3. The molecular formula is C13H15ClN4. The third kappa shape index (κ3) is 2.38. The molecule has 1 aromatic carbocycles. The number of aryl methyl sites for hydroxylation is 2. The van der Waals surface area contributed by atoms with E-state index in [-0.39, 0.29) is 5.28 Å². The molecule has 2 aromatic rings. The summed E-state index contributed by atoms with van der Waals surface area (Å²) in [5.74, 6) is 0.623. The fourth-order valence-electron chi connectivity index (χ4n) is 1.75. The summed E-state index contributed by atoms with van der Waals surface area (Å²) in [4.78, 5) is 10.1. The second kappa shape index (κ2) is 4.82. The Morgan fingerprint density at radius 3 is 2.61 bits per heavy atom. The van der Waals surface area contributed by atoms with Gasteiger partial charge >= 0.3 is 0 Å². The molecule has 0 unspecified atom stereocenters. The van der Waals surface area contributed by atoms with Crippen LogP contribution in [-0.4, -0.2) is 17.0 Å². The molecule has 5 heteroatoms. The van der Waals surface area contributed by atoms with Crippen LogP contribution in [0.3, 0.4) is 0 Å². The van der Waals surface area contributed by atoms with Gasteiger partial charge in [-0.25, -0.2) is 4.98 Å². The molecule has 2 N–H and O–H groups in total. The van der Waals surface area contributed by atoms with Crippen molar-refractivity contribution in [3.8, 4) is 0 Å². The van der Waals surface area contributed by atoms with Gasteiger partial charge in [0.1, 0.15) is 0 Å². The molecule has 18 heavy (non-hydrogen) atoms. The summed E-state index contributed by atoms with van der Waals surface area (Å²) < 4.78 is 0. The molecule has 2 rings (SSSR count). The van der Waals surface area contributed by atoms with Gasteiger partial charge in [0.25, 0.3) is 0 Å². The maximum Gasteiger partial charge on any atom is 0.224 e. The van der Waals surface area contributed by atoms with Crippen molar-refractivity contribution >= 4 is 28.8 Å². The van der Waals surface area contributed by atoms with E-state index < -0.39 is 0 Å². The highest BCUT2D eigenvalue weighted by molar-refractivity contribution is 6.28. The summed E-state index contributed by atoms with van der Waals surface area (Å²) in [5.41, 5.74) is 9.42. The van der Waals surface area contributed by atoms with Gasteiger partial charge in [-0.15, -0.1) is 0 Å². The highest BCUT2D eigenvalue weighted by Crippen LogP contribution is 2.29. The second-order valence-corrected chi connectivity index (χ2v) is 4.55. The van der Waals surface area contributed by atoms with Gasteiger partial charge in [-0.3, -0.25) is 0 Å². The van der Waals surface area contributed by atoms with Crippen LogP contribution in [0.2, 0.25) is 5.28 Å². The van der Waals surface area contributed by atoms with Gasteiger partial charge in [-0.2, -0.15) is 4.98 Å². The van der Waals surface area contributed by atoms with Crippen LogP contribution in [0.15, 0.2) is 24.3 Å². The Balaban J connectivity index is 2.49. The molecule has 0 radical (unpaired) electrons. The standard InChI is InChI=1S/C13H15ClN4/c1-8-5-4-6-10(7-8)18(3)12-11(15)9(2)16-13(14)17-12/h4-7H,15H2,1-3H3. The zero-order valence-corrected chi connectivity index (χ0v) is 11.4. The van der Waals surface area contributed by atoms with Gasteiger partial charge in [0.05, 0.1) is 11.4 Å². The highest BCUT2D eigenvalue weighted by Gasteiger charge is 2.13. The molecule has 0 saturated heterocycles. The molecule has 0 aliphatic heterocycles. The first kappa shape index (κ1) is 12.6. The number of nitrogen functional groups attached to an aromatic ring is 1. The van der Waals surface area contributed by atoms with Crippen LogP contribution in [0, 0.1) is 13.8 Å². The first-order chi connectivity index (χ1) is 8.49. The summed E-state index contributed by atoms with van der Waals surface area (Å²) >= 11 is 5.88. The molecule has 0 aliphatic rings. The smallest absolute Gasteiger partial charge is 0.224 e. The van der Waals surface area contributed by atoms with Gasteiger partial charge in [0.2, 0.25) is 5.28 Å². The van der Waals surface area contributed by atoms with E-state index in [0.29, 0.717) is 17.2 Å². The van der Waals surface area contributed by atoms with Crippen LogP contribution < -0.4 is 10.6 Å². The van der Waals surface area contributed by atoms with E-state index in [4.69, 9.17) is 17.3 Å². The lowest BCUT2D eigenvalue weighted by atomic mass is 10.2. The predicted molar refractivity (Wildman–Crippen MR) is 75.4 cm³/mol. The summed E-state index contributed by atoms with van der Waals surface area (Å²) in [7, 11) is 1.91. The lowest BCUT2D eigenvalue weighted by Gasteiger charge is -2.21. The number of nitrogens with two attached hydrogens (primary N) is 1. The van der Waals surface area contributed by atoms with Crippen molar-refractivity contribution in [2.45, 2.75) is 13.8 Å². The minimum atomic E-state index is 0.205. The van der Waals surface area contributed by atoms with E-state index in [1.807, 2.05) is 44.0 Å². The van der Waals surface area contributed by atoms with E-state index in [9.17, 15) is 0 Å². The summed E-state index contributed by atoms with van der Waals surface area (Å²) in [6.07, 6.45) is 0. The fourth-order valence-corrected chi connectivity index (χ4v) is 1.95. The zero-order valence-electron chi connectivity index (χ0n) is 10.6. The van der Waals surface area contributed by atoms with Crippen molar-refractivity contribution in [3.05, 3.63) is 40.8 Å². The van der Waals surface area contributed by atoms with Crippen LogP contribution in [0.4, 0.5) is 17.2 Å². The highest BCUT2D eigenvalue weighted by atomic mass is 35.5. The predicted octanol–water partition coefficient (Wildman–Crippen LogP) is 3.10. The van der Waals surface area contributed by atoms with E-state index in [1.54, 1.807) is 0 Å². The number of anilines is 3. The van der Waals surface area contributed by atoms with Crippen LogP contribution in [0.1, 0.15) is 11.3 Å². The fraction of sp³-hybridized carbons (Fsp3) is 0.231. The molecule has 0 atom stereocenters. The molecule has 0 spiro atoms. The third-order valence-corrected chi connectivity index (χ3v) is 2.96. The molecule has 0 amide bonds. The SMILES string of the molecule is Cc1cccc(N(C)c2nc(Cl)nc(C)c2N)c1. The molecular weight excluding hydrogens is 248 g/mol. The number of benzene rings is 1. The van der Waals surface area contributed by atoms with Crippen molar-refractivity contribution < 1.29 is 0 Å². The number of hydrogen-bond donors (Lipinski definition) is 1. The summed E-state index contributed by atoms with van der Waals surface area (Å²) in [6.45, 7) is 3.86. The van der Waals surface area contributed by atoms with Crippen molar-refractivity contribution in [3.63, 3.8) is 0 Å². The van der Waals surface area contributed by atoms with Crippen LogP contribution in [-0.2, 0) is 0 Å². The Labute approximate surface area is 111 Å². The van der Waals surface area contributed by atoms with E-state index >= 15 is 0 Å². The quantitative estimate of drug-likeness (QED) is 0.845. The lowest BCUT2D eigenvalue weighted by Crippen LogP contribution is -2.15. The van der Waals surface area contributed by atoms with Gasteiger partial charge in [0.15, 0.2) is 5.82 Å². The van der Waals surface area contributed by atoms with E-state index in [1.165, 1.54) is 5.56 Å². The molecule has 1 aromatic heterocycles. The summed E-state index contributed by atoms with van der Waals surface area (Å²) in [5, 5.41) is 0.205. The van der Waals surface area contributed by atoms with Gasteiger partial charge < -0.3 is 10.6 Å². The normalized spacial score (nSPS) is 10.4. The topological polar surface area (TPSA) is 55.0 Å². The Morgan fingerprint density at radius 1 is 1.22 bits per heavy atom. The average Bonchev–Trinajstić information content (AvgIpc) is 2.33. The van der Waals surface area contributed by atoms with Crippen molar-refractivity contribution in [2.75, 3.05) is 17.7 Å². The molecule has 1 heterocycles. The van der Waals surface area contributed by atoms with E-state index in [2.05, 4.69) is 16.0 Å². The van der Waals surface area contributed by atoms with Crippen molar-refractivity contribution in [1.29, 1.82) is 0 Å².